The van der Waals surface area contributed by atoms with Gasteiger partial charge in [0.15, 0.2) is 0 Å². The molecule has 0 radical (unpaired) electrons. The lowest BCUT2D eigenvalue weighted by Crippen LogP contribution is -2.47. The van der Waals surface area contributed by atoms with Gasteiger partial charge in [0.05, 0.1) is 18.6 Å². The molecule has 5 nitrogen and oxygen atoms in total. The van der Waals surface area contributed by atoms with Crippen LogP contribution in [0.2, 0.25) is 0 Å². The van der Waals surface area contributed by atoms with Gasteiger partial charge in [-0.15, -0.1) is 0 Å². The number of likely N-dealkylation sites (tertiary alicyclic amines) is 2. The Morgan fingerprint density at radius 3 is 2.38 bits per heavy atom. The van der Waals surface area contributed by atoms with Gasteiger partial charge in [-0.05, 0) is 50.1 Å². The van der Waals surface area contributed by atoms with E-state index < -0.39 is 0 Å². The number of piperidine rings is 1. The Balaban J connectivity index is 1.19. The van der Waals surface area contributed by atoms with E-state index in [4.69, 9.17) is 4.74 Å². The molecular formula is C24H35N3O2. The number of hydrogen-bond donors (Lipinski definition) is 0. The van der Waals surface area contributed by atoms with Crippen molar-refractivity contribution in [2.75, 3.05) is 59.5 Å². The first-order chi connectivity index (χ1) is 14.1. The van der Waals surface area contributed by atoms with Crippen molar-refractivity contribution < 1.29 is 9.53 Å². The maximum atomic E-state index is 13.4. The third-order valence-corrected chi connectivity index (χ3v) is 8.05. The highest BCUT2D eigenvalue weighted by Crippen LogP contribution is 2.51. The predicted octanol–water partition coefficient (Wildman–Crippen LogP) is 2.36. The lowest BCUT2D eigenvalue weighted by molar-refractivity contribution is -0.136. The Morgan fingerprint density at radius 2 is 1.72 bits per heavy atom. The Kier molecular flexibility index (Phi) is 5.17. The third kappa shape index (κ3) is 3.73. The molecule has 0 aromatic heterocycles. The maximum absolute atomic E-state index is 13.4. The zero-order chi connectivity index (χ0) is 19.9. The minimum Gasteiger partial charge on any atom is -0.379 e. The first kappa shape index (κ1) is 19.5. The second-order valence-corrected chi connectivity index (χ2v) is 9.93. The van der Waals surface area contributed by atoms with Gasteiger partial charge < -0.3 is 14.5 Å². The molecule has 1 atom stereocenters. The van der Waals surface area contributed by atoms with E-state index in [1.165, 1.54) is 25.1 Å². The van der Waals surface area contributed by atoms with Crippen molar-refractivity contribution in [3.63, 3.8) is 0 Å². The van der Waals surface area contributed by atoms with Crippen LogP contribution in [0.3, 0.4) is 0 Å². The molecule has 0 N–H and O–H groups in total. The van der Waals surface area contributed by atoms with Crippen LogP contribution in [-0.4, -0.2) is 86.2 Å². The smallest absolute Gasteiger partial charge is 0.233 e. The third-order valence-electron chi connectivity index (χ3n) is 8.05. The summed E-state index contributed by atoms with van der Waals surface area (Å²) in [5, 5.41) is 0. The number of rotatable bonds is 4. The number of ether oxygens (including phenoxy) is 1. The van der Waals surface area contributed by atoms with Gasteiger partial charge >= 0.3 is 0 Å². The molecule has 4 fully saturated rings. The van der Waals surface area contributed by atoms with Gasteiger partial charge in [0.2, 0.25) is 5.91 Å². The normalized spacial score (nSPS) is 29.3. The number of morpholine rings is 1. The first-order valence-corrected chi connectivity index (χ1v) is 11.5. The van der Waals surface area contributed by atoms with E-state index in [9.17, 15) is 4.79 Å². The van der Waals surface area contributed by atoms with Gasteiger partial charge in [-0.2, -0.15) is 0 Å². The minimum absolute atomic E-state index is 0.211. The Labute approximate surface area is 175 Å². The van der Waals surface area contributed by atoms with Crippen LogP contribution in [0.25, 0.3) is 0 Å². The summed E-state index contributed by atoms with van der Waals surface area (Å²) < 4.78 is 5.51. The molecule has 29 heavy (non-hydrogen) atoms. The molecule has 1 unspecified atom stereocenters. The van der Waals surface area contributed by atoms with E-state index in [0.29, 0.717) is 17.4 Å². The number of carbonyl (C=O) groups excluding carboxylic acids is 1. The van der Waals surface area contributed by atoms with Crippen molar-refractivity contribution in [2.45, 2.75) is 43.6 Å². The van der Waals surface area contributed by atoms with Crippen LogP contribution in [0.1, 0.15) is 37.7 Å². The SMILES string of the molecule is CN1CC2(CCN(C(=O)C3(c4ccccc4)CC3)CC2)CC1CN1CCOCC1. The van der Waals surface area contributed by atoms with Crippen LogP contribution in [0.4, 0.5) is 0 Å². The fourth-order valence-corrected chi connectivity index (χ4v) is 6.02. The van der Waals surface area contributed by atoms with E-state index in [1.807, 2.05) is 6.07 Å². The van der Waals surface area contributed by atoms with Crippen LogP contribution in [0, 0.1) is 5.41 Å². The molecule has 3 heterocycles. The lowest BCUT2D eigenvalue weighted by Gasteiger charge is -2.40. The van der Waals surface area contributed by atoms with Gasteiger partial charge in [-0.1, -0.05) is 30.3 Å². The van der Waals surface area contributed by atoms with E-state index in [1.54, 1.807) is 0 Å². The summed E-state index contributed by atoms with van der Waals surface area (Å²) >= 11 is 0. The molecule has 1 aromatic carbocycles. The summed E-state index contributed by atoms with van der Waals surface area (Å²) in [5.41, 5.74) is 1.42. The number of amides is 1. The number of hydrogen-bond acceptors (Lipinski definition) is 4. The topological polar surface area (TPSA) is 36.0 Å². The summed E-state index contributed by atoms with van der Waals surface area (Å²) in [6.45, 7) is 8.12. The molecule has 1 amide bonds. The Bertz CT molecular complexity index is 719. The van der Waals surface area contributed by atoms with E-state index in [0.717, 1.165) is 65.1 Å². The fraction of sp³-hybridized carbons (Fsp3) is 0.708. The quantitative estimate of drug-likeness (QED) is 0.782. The Morgan fingerprint density at radius 1 is 1.03 bits per heavy atom. The molecule has 158 valence electrons. The molecule has 5 heteroatoms. The molecule has 1 saturated carbocycles. The van der Waals surface area contributed by atoms with Gasteiger partial charge in [0.25, 0.3) is 0 Å². The highest BCUT2D eigenvalue weighted by molar-refractivity contribution is 5.91. The molecule has 0 bridgehead atoms. The van der Waals surface area contributed by atoms with Crippen molar-refractivity contribution in [1.82, 2.24) is 14.7 Å². The largest absolute Gasteiger partial charge is 0.379 e. The van der Waals surface area contributed by atoms with Crippen LogP contribution in [0.15, 0.2) is 30.3 Å². The van der Waals surface area contributed by atoms with Crippen LogP contribution >= 0.6 is 0 Å². The number of nitrogens with zero attached hydrogens (tertiary/aromatic N) is 3. The van der Waals surface area contributed by atoms with Gasteiger partial charge in [-0.25, -0.2) is 0 Å². The van der Waals surface area contributed by atoms with Crippen LogP contribution in [0.5, 0.6) is 0 Å². The van der Waals surface area contributed by atoms with Gasteiger partial charge in [0, 0.05) is 45.3 Å². The van der Waals surface area contributed by atoms with Crippen molar-refractivity contribution in [3.05, 3.63) is 35.9 Å². The standard InChI is InChI=1S/C24H35N3O2/c1-25-19-23(17-21(25)18-26-13-15-29-16-14-26)9-11-27(12-10-23)22(28)24(7-8-24)20-5-3-2-4-6-20/h2-6,21H,7-19H2,1H3. The first-order valence-electron chi connectivity index (χ1n) is 11.5. The van der Waals surface area contributed by atoms with E-state index in [2.05, 4.69) is 46.0 Å². The summed E-state index contributed by atoms with van der Waals surface area (Å²) in [4.78, 5) is 20.7. The molecule has 1 aliphatic carbocycles. The van der Waals surface area contributed by atoms with Crippen molar-refractivity contribution in [2.24, 2.45) is 5.41 Å². The summed E-state index contributed by atoms with van der Waals surface area (Å²) in [6.07, 6.45) is 5.64. The molecular weight excluding hydrogens is 362 g/mol. The number of carbonyl (C=O) groups is 1. The summed E-state index contributed by atoms with van der Waals surface area (Å²) in [7, 11) is 2.30. The second-order valence-electron chi connectivity index (χ2n) is 9.93. The Hall–Kier alpha value is -1.43. The zero-order valence-corrected chi connectivity index (χ0v) is 17.8. The predicted molar refractivity (Wildman–Crippen MR) is 114 cm³/mol. The summed E-state index contributed by atoms with van der Waals surface area (Å²) in [6, 6.07) is 11.1. The van der Waals surface area contributed by atoms with Crippen LogP contribution < -0.4 is 0 Å². The molecule has 3 saturated heterocycles. The fourth-order valence-electron chi connectivity index (χ4n) is 6.02. The van der Waals surface area contributed by atoms with E-state index in [-0.39, 0.29) is 5.41 Å². The van der Waals surface area contributed by atoms with Crippen molar-refractivity contribution in [1.29, 1.82) is 0 Å². The highest BCUT2D eigenvalue weighted by atomic mass is 16.5. The molecule has 1 spiro atoms. The van der Waals surface area contributed by atoms with Crippen molar-refractivity contribution >= 4 is 5.91 Å². The van der Waals surface area contributed by atoms with Crippen molar-refractivity contribution in [3.8, 4) is 0 Å². The molecule has 4 aliphatic rings. The summed E-state index contributed by atoms with van der Waals surface area (Å²) in [5.74, 6) is 0.384. The number of likely N-dealkylation sites (N-methyl/N-ethyl adjacent to an activating group) is 1. The minimum atomic E-state index is -0.211. The lowest BCUT2D eigenvalue weighted by atomic mass is 9.76. The second kappa shape index (κ2) is 7.68. The average molecular weight is 398 g/mol. The van der Waals surface area contributed by atoms with Crippen LogP contribution in [-0.2, 0) is 14.9 Å². The van der Waals surface area contributed by atoms with Gasteiger partial charge in [-0.3, -0.25) is 9.69 Å². The highest BCUT2D eigenvalue weighted by Gasteiger charge is 2.54. The monoisotopic (exact) mass is 397 g/mol. The molecule has 1 aromatic rings. The molecule has 3 aliphatic heterocycles. The average Bonchev–Trinajstić information content (AvgIpc) is 3.51. The van der Waals surface area contributed by atoms with E-state index >= 15 is 0 Å². The maximum Gasteiger partial charge on any atom is 0.233 e. The zero-order valence-electron chi connectivity index (χ0n) is 17.8. The number of benzene rings is 1. The van der Waals surface area contributed by atoms with Gasteiger partial charge in [0.1, 0.15) is 0 Å². The molecule has 5 rings (SSSR count).